The van der Waals surface area contributed by atoms with E-state index in [1.807, 2.05) is 0 Å². The molecular formula is C11H14FN. The molecule has 1 nitrogen and oxygen atoms in total. The number of hydrogen-bond acceptors (Lipinski definition) is 1. The first kappa shape index (κ1) is 9.90. The zero-order chi connectivity index (χ0) is 9.68. The largest absolute Gasteiger partial charge is 0.305 e. The van der Waals surface area contributed by atoms with Crippen molar-refractivity contribution in [2.75, 3.05) is 0 Å². The minimum Gasteiger partial charge on any atom is -0.305 e. The molecule has 2 heteroatoms. The lowest BCUT2D eigenvalue weighted by molar-refractivity contribution is 0.624. The summed E-state index contributed by atoms with van der Waals surface area (Å²) in [4.78, 5) is 0. The van der Waals surface area contributed by atoms with Crippen LogP contribution in [0.25, 0.3) is 0 Å². The number of unbranched alkanes of at least 4 members (excludes halogenated alkanes) is 1. The Morgan fingerprint density at radius 1 is 1.38 bits per heavy atom. The lowest BCUT2D eigenvalue weighted by Gasteiger charge is -2.03. The fraction of sp³-hybridized carbons (Fsp3) is 0.364. The molecule has 1 N–H and O–H groups in total. The quantitative estimate of drug-likeness (QED) is 0.685. The van der Waals surface area contributed by atoms with Gasteiger partial charge in [-0.25, -0.2) is 4.39 Å². The molecule has 0 saturated heterocycles. The van der Waals surface area contributed by atoms with E-state index in [9.17, 15) is 4.39 Å². The Kier molecular flexibility index (Phi) is 3.62. The van der Waals surface area contributed by atoms with Crippen LogP contribution in [0.2, 0.25) is 0 Å². The lowest BCUT2D eigenvalue weighted by Crippen LogP contribution is -2.01. The van der Waals surface area contributed by atoms with Gasteiger partial charge in [0.15, 0.2) is 0 Å². The van der Waals surface area contributed by atoms with Crippen LogP contribution < -0.4 is 0 Å². The molecule has 0 aromatic heterocycles. The predicted molar refractivity (Wildman–Crippen MR) is 52.8 cm³/mol. The summed E-state index contributed by atoms with van der Waals surface area (Å²) in [7, 11) is 0. The van der Waals surface area contributed by atoms with E-state index in [0.29, 0.717) is 17.7 Å². The van der Waals surface area contributed by atoms with Gasteiger partial charge in [-0.05, 0) is 18.9 Å². The number of halogens is 1. The van der Waals surface area contributed by atoms with Gasteiger partial charge in [0.25, 0.3) is 0 Å². The normalized spacial score (nSPS) is 10.0. The molecule has 0 aliphatic heterocycles. The van der Waals surface area contributed by atoms with E-state index in [-0.39, 0.29) is 5.82 Å². The van der Waals surface area contributed by atoms with Gasteiger partial charge in [0.05, 0.1) is 0 Å². The zero-order valence-electron chi connectivity index (χ0n) is 7.81. The van der Waals surface area contributed by atoms with E-state index in [0.717, 1.165) is 12.8 Å². The van der Waals surface area contributed by atoms with Crippen molar-refractivity contribution < 1.29 is 4.39 Å². The van der Waals surface area contributed by atoms with E-state index in [1.54, 1.807) is 18.2 Å². The third-order valence-electron chi connectivity index (χ3n) is 1.98. The molecule has 0 bridgehead atoms. The van der Waals surface area contributed by atoms with Crippen LogP contribution >= 0.6 is 0 Å². The van der Waals surface area contributed by atoms with E-state index < -0.39 is 0 Å². The molecule has 0 radical (unpaired) electrons. The molecule has 70 valence electrons. The number of benzene rings is 1. The van der Waals surface area contributed by atoms with Gasteiger partial charge >= 0.3 is 0 Å². The Balaban J connectivity index is 2.71. The Morgan fingerprint density at radius 3 is 2.69 bits per heavy atom. The summed E-state index contributed by atoms with van der Waals surface area (Å²) in [5.41, 5.74) is 0.843. The molecule has 13 heavy (non-hydrogen) atoms. The molecule has 0 aliphatic carbocycles. The Bertz CT molecular complexity index is 294. The highest BCUT2D eigenvalue weighted by Crippen LogP contribution is 2.10. The van der Waals surface area contributed by atoms with Crippen LogP contribution in [0.1, 0.15) is 31.7 Å². The topological polar surface area (TPSA) is 23.9 Å². The maximum absolute atomic E-state index is 13.1. The van der Waals surface area contributed by atoms with Gasteiger partial charge in [-0.15, -0.1) is 0 Å². The van der Waals surface area contributed by atoms with Gasteiger partial charge in [0.1, 0.15) is 5.82 Å². The molecule has 0 spiro atoms. The van der Waals surface area contributed by atoms with Crippen LogP contribution in [0, 0.1) is 11.2 Å². The summed E-state index contributed by atoms with van der Waals surface area (Å²) in [5, 5.41) is 7.63. The molecule has 1 rings (SSSR count). The fourth-order valence-corrected chi connectivity index (χ4v) is 1.19. The molecule has 0 atom stereocenters. The average molecular weight is 179 g/mol. The monoisotopic (exact) mass is 179 g/mol. The van der Waals surface area contributed by atoms with Gasteiger partial charge in [-0.3, -0.25) is 0 Å². The maximum Gasteiger partial charge on any atom is 0.132 e. The molecular weight excluding hydrogens is 165 g/mol. The van der Waals surface area contributed by atoms with Gasteiger partial charge < -0.3 is 5.41 Å². The van der Waals surface area contributed by atoms with Crippen molar-refractivity contribution in [1.82, 2.24) is 0 Å². The van der Waals surface area contributed by atoms with E-state index in [2.05, 4.69) is 6.92 Å². The highest BCUT2D eigenvalue weighted by molar-refractivity contribution is 5.98. The molecule has 0 fully saturated rings. The number of hydrogen-bond donors (Lipinski definition) is 1. The number of nitrogens with one attached hydrogen (secondary N) is 1. The number of rotatable bonds is 4. The first-order chi connectivity index (χ1) is 6.25. The highest BCUT2D eigenvalue weighted by atomic mass is 19.1. The summed E-state index contributed by atoms with van der Waals surface area (Å²) in [5.74, 6) is -0.288. The van der Waals surface area contributed by atoms with Crippen molar-refractivity contribution in [2.24, 2.45) is 0 Å². The summed E-state index contributed by atoms with van der Waals surface area (Å²) < 4.78 is 13.1. The van der Waals surface area contributed by atoms with Crippen LogP contribution in [0.4, 0.5) is 4.39 Å². The summed E-state index contributed by atoms with van der Waals surface area (Å²) in [6.07, 6.45) is 2.65. The van der Waals surface area contributed by atoms with Crippen LogP contribution in [0.3, 0.4) is 0 Å². The summed E-state index contributed by atoms with van der Waals surface area (Å²) in [6, 6.07) is 6.47. The predicted octanol–water partition coefficient (Wildman–Crippen LogP) is 3.38. The van der Waals surface area contributed by atoms with Crippen molar-refractivity contribution in [3.05, 3.63) is 35.6 Å². The van der Waals surface area contributed by atoms with Crippen molar-refractivity contribution in [1.29, 1.82) is 5.41 Å². The Hall–Kier alpha value is -1.18. The second-order valence-corrected chi connectivity index (χ2v) is 3.06. The maximum atomic E-state index is 13.1. The molecule has 1 aromatic rings. The van der Waals surface area contributed by atoms with Gasteiger partial charge in [-0.1, -0.05) is 31.5 Å². The zero-order valence-corrected chi connectivity index (χ0v) is 7.81. The first-order valence-corrected chi connectivity index (χ1v) is 4.58. The standard InChI is InChI=1S/C11H14FN/c1-2-3-8-11(13)9-6-4-5-7-10(9)12/h4-7,13H,2-3,8H2,1H3. The summed E-state index contributed by atoms with van der Waals surface area (Å²) in [6.45, 7) is 2.06. The van der Waals surface area contributed by atoms with Gasteiger partial charge in [0.2, 0.25) is 0 Å². The first-order valence-electron chi connectivity index (χ1n) is 4.58. The van der Waals surface area contributed by atoms with Crippen molar-refractivity contribution in [3.8, 4) is 0 Å². The Labute approximate surface area is 78.1 Å². The van der Waals surface area contributed by atoms with Crippen molar-refractivity contribution in [3.63, 3.8) is 0 Å². The van der Waals surface area contributed by atoms with E-state index in [1.165, 1.54) is 6.07 Å². The van der Waals surface area contributed by atoms with Crippen LogP contribution in [0.5, 0.6) is 0 Å². The smallest absolute Gasteiger partial charge is 0.132 e. The van der Waals surface area contributed by atoms with Crippen LogP contribution in [0.15, 0.2) is 24.3 Å². The lowest BCUT2D eigenvalue weighted by atomic mass is 10.0. The SMILES string of the molecule is CCCCC(=N)c1ccccc1F. The van der Waals surface area contributed by atoms with E-state index >= 15 is 0 Å². The molecule has 0 heterocycles. The van der Waals surface area contributed by atoms with Crippen LogP contribution in [-0.4, -0.2) is 5.71 Å². The minimum atomic E-state index is -0.288. The molecule has 0 unspecified atom stereocenters. The molecule has 0 aliphatic rings. The second-order valence-electron chi connectivity index (χ2n) is 3.06. The van der Waals surface area contributed by atoms with E-state index in [4.69, 9.17) is 5.41 Å². The third kappa shape index (κ3) is 2.65. The highest BCUT2D eigenvalue weighted by Gasteiger charge is 2.05. The van der Waals surface area contributed by atoms with Crippen molar-refractivity contribution in [2.45, 2.75) is 26.2 Å². The fourth-order valence-electron chi connectivity index (χ4n) is 1.19. The molecule has 0 amide bonds. The third-order valence-corrected chi connectivity index (χ3v) is 1.98. The molecule has 0 saturated carbocycles. The minimum absolute atomic E-state index is 0.288. The summed E-state index contributed by atoms with van der Waals surface area (Å²) >= 11 is 0. The van der Waals surface area contributed by atoms with Gasteiger partial charge in [-0.2, -0.15) is 0 Å². The van der Waals surface area contributed by atoms with Crippen LogP contribution in [-0.2, 0) is 0 Å². The average Bonchev–Trinajstić information content (AvgIpc) is 2.15. The van der Waals surface area contributed by atoms with Crippen molar-refractivity contribution >= 4 is 5.71 Å². The molecule has 1 aromatic carbocycles. The Morgan fingerprint density at radius 2 is 2.08 bits per heavy atom. The second kappa shape index (κ2) is 4.75. The van der Waals surface area contributed by atoms with Gasteiger partial charge in [0, 0.05) is 11.3 Å².